The van der Waals surface area contributed by atoms with Crippen LogP contribution in [0.15, 0.2) is 42.5 Å². The number of para-hydroxylation sites is 1. The normalized spacial score (nSPS) is 15.2. The monoisotopic (exact) mass is 378 g/mol. The fourth-order valence-corrected chi connectivity index (χ4v) is 3.11. The number of ether oxygens (including phenoxy) is 2. The second-order valence-electron chi connectivity index (χ2n) is 6.23. The van der Waals surface area contributed by atoms with Crippen molar-refractivity contribution in [3.8, 4) is 5.75 Å². The third kappa shape index (κ3) is 5.42. The molecule has 0 bridgehead atoms. The molecule has 0 aliphatic carbocycles. The first-order chi connectivity index (χ1) is 12.7. The van der Waals surface area contributed by atoms with E-state index in [1.54, 1.807) is 12.1 Å². The summed E-state index contributed by atoms with van der Waals surface area (Å²) in [6, 6.07) is 12.4. The lowest BCUT2D eigenvalue weighted by Crippen LogP contribution is -2.40. The molecule has 26 heavy (non-hydrogen) atoms. The van der Waals surface area contributed by atoms with Gasteiger partial charge in [-0.15, -0.1) is 0 Å². The van der Waals surface area contributed by atoms with E-state index >= 15 is 0 Å². The molecule has 1 aliphatic rings. The van der Waals surface area contributed by atoms with Crippen LogP contribution in [0.25, 0.3) is 0 Å². The molecule has 0 spiro atoms. The Labute approximate surface area is 158 Å². The van der Waals surface area contributed by atoms with Gasteiger partial charge >= 0.3 is 0 Å². The third-order valence-corrected chi connectivity index (χ3v) is 4.78. The molecule has 2 aromatic rings. The van der Waals surface area contributed by atoms with Gasteiger partial charge in [-0.3, -0.25) is 4.90 Å². The summed E-state index contributed by atoms with van der Waals surface area (Å²) in [6.45, 7) is 6.31. The first-order valence-corrected chi connectivity index (χ1v) is 9.26. The Kier molecular flexibility index (Phi) is 7.26. The number of hydrogen-bond donors (Lipinski definition) is 1. The van der Waals surface area contributed by atoms with Gasteiger partial charge < -0.3 is 14.8 Å². The van der Waals surface area contributed by atoms with Crippen molar-refractivity contribution in [2.75, 3.05) is 39.4 Å². The van der Waals surface area contributed by atoms with Crippen LogP contribution in [0.5, 0.6) is 5.75 Å². The van der Waals surface area contributed by atoms with E-state index in [4.69, 9.17) is 21.1 Å². The SMILES string of the molecule is Fc1cccc(Cl)c1COc1ccccc1CNCCN1CCOCC1. The topological polar surface area (TPSA) is 33.7 Å². The van der Waals surface area contributed by atoms with Gasteiger partial charge in [0.05, 0.1) is 18.2 Å². The summed E-state index contributed by atoms with van der Waals surface area (Å²) in [4.78, 5) is 2.39. The second-order valence-corrected chi connectivity index (χ2v) is 6.63. The van der Waals surface area contributed by atoms with E-state index in [9.17, 15) is 4.39 Å². The van der Waals surface area contributed by atoms with Gasteiger partial charge in [-0.2, -0.15) is 0 Å². The predicted octanol–water partition coefficient (Wildman–Crippen LogP) is 3.48. The number of hydrogen-bond acceptors (Lipinski definition) is 4. The van der Waals surface area contributed by atoms with Crippen molar-refractivity contribution in [3.63, 3.8) is 0 Å². The summed E-state index contributed by atoms with van der Waals surface area (Å²) in [6.07, 6.45) is 0. The number of nitrogens with one attached hydrogen (secondary N) is 1. The zero-order valence-electron chi connectivity index (χ0n) is 14.7. The molecule has 3 rings (SSSR count). The lowest BCUT2D eigenvalue weighted by atomic mass is 10.2. The summed E-state index contributed by atoms with van der Waals surface area (Å²) >= 11 is 6.07. The highest BCUT2D eigenvalue weighted by molar-refractivity contribution is 6.31. The van der Waals surface area contributed by atoms with Gasteiger partial charge in [-0.1, -0.05) is 35.9 Å². The zero-order valence-corrected chi connectivity index (χ0v) is 15.5. The van der Waals surface area contributed by atoms with Crippen molar-refractivity contribution in [1.29, 1.82) is 0 Å². The average Bonchev–Trinajstić information content (AvgIpc) is 2.66. The number of nitrogens with zero attached hydrogens (tertiary/aromatic N) is 1. The van der Waals surface area contributed by atoms with Crippen molar-refractivity contribution in [2.45, 2.75) is 13.2 Å². The Morgan fingerprint density at radius 2 is 1.92 bits per heavy atom. The zero-order chi connectivity index (χ0) is 18.2. The van der Waals surface area contributed by atoms with Crippen LogP contribution in [0.4, 0.5) is 4.39 Å². The molecule has 1 fully saturated rings. The van der Waals surface area contributed by atoms with Gasteiger partial charge in [0, 0.05) is 43.9 Å². The molecule has 1 saturated heterocycles. The van der Waals surface area contributed by atoms with Crippen LogP contribution in [0.2, 0.25) is 5.02 Å². The highest BCUT2D eigenvalue weighted by Crippen LogP contribution is 2.23. The molecule has 140 valence electrons. The molecule has 0 aromatic heterocycles. The van der Waals surface area contributed by atoms with E-state index in [1.807, 2.05) is 24.3 Å². The summed E-state index contributed by atoms with van der Waals surface area (Å²) in [5.74, 6) is 0.393. The predicted molar refractivity (Wildman–Crippen MR) is 101 cm³/mol. The molecule has 0 saturated carbocycles. The Balaban J connectivity index is 1.51. The molecule has 1 N–H and O–H groups in total. The highest BCUT2D eigenvalue weighted by atomic mass is 35.5. The Morgan fingerprint density at radius 3 is 2.73 bits per heavy atom. The van der Waals surface area contributed by atoms with Crippen molar-refractivity contribution < 1.29 is 13.9 Å². The van der Waals surface area contributed by atoms with Gasteiger partial charge in [-0.05, 0) is 18.2 Å². The Hall–Kier alpha value is -1.66. The van der Waals surface area contributed by atoms with E-state index in [2.05, 4.69) is 10.2 Å². The van der Waals surface area contributed by atoms with Gasteiger partial charge in [0.15, 0.2) is 0 Å². The van der Waals surface area contributed by atoms with Crippen molar-refractivity contribution >= 4 is 11.6 Å². The van der Waals surface area contributed by atoms with Crippen LogP contribution in [0, 0.1) is 5.82 Å². The number of halogens is 2. The minimum absolute atomic E-state index is 0.107. The molecular weight excluding hydrogens is 355 g/mol. The molecule has 4 nitrogen and oxygen atoms in total. The highest BCUT2D eigenvalue weighted by Gasteiger charge is 2.11. The maximum Gasteiger partial charge on any atom is 0.131 e. The van der Waals surface area contributed by atoms with Crippen LogP contribution >= 0.6 is 11.6 Å². The maximum atomic E-state index is 13.9. The van der Waals surface area contributed by atoms with Gasteiger partial charge in [-0.25, -0.2) is 4.39 Å². The van der Waals surface area contributed by atoms with Crippen LogP contribution in [-0.4, -0.2) is 44.3 Å². The van der Waals surface area contributed by atoms with Crippen LogP contribution < -0.4 is 10.1 Å². The first kappa shape index (κ1) is 19.1. The second kappa shape index (κ2) is 9.88. The lowest BCUT2D eigenvalue weighted by molar-refractivity contribution is 0.0384. The van der Waals surface area contributed by atoms with Crippen LogP contribution in [0.3, 0.4) is 0 Å². The lowest BCUT2D eigenvalue weighted by Gasteiger charge is -2.26. The first-order valence-electron chi connectivity index (χ1n) is 8.88. The standard InChI is InChI=1S/C20H24ClFN2O2/c21-18-5-3-6-19(22)17(18)15-26-20-7-2-1-4-16(20)14-23-8-9-24-10-12-25-13-11-24/h1-7,23H,8-15H2. The molecule has 2 aromatic carbocycles. The summed E-state index contributed by atoms with van der Waals surface area (Å²) in [7, 11) is 0. The molecule has 1 heterocycles. The van der Waals surface area contributed by atoms with Crippen LogP contribution in [0.1, 0.15) is 11.1 Å². The summed E-state index contributed by atoms with van der Waals surface area (Å²) in [5, 5.41) is 3.83. The molecule has 1 aliphatic heterocycles. The maximum absolute atomic E-state index is 13.9. The van der Waals surface area contributed by atoms with Gasteiger partial charge in [0.2, 0.25) is 0 Å². The number of benzene rings is 2. The van der Waals surface area contributed by atoms with Gasteiger partial charge in [0.25, 0.3) is 0 Å². The van der Waals surface area contributed by atoms with E-state index in [0.29, 0.717) is 17.1 Å². The Morgan fingerprint density at radius 1 is 1.12 bits per heavy atom. The molecule has 0 atom stereocenters. The quantitative estimate of drug-likeness (QED) is 0.713. The fourth-order valence-electron chi connectivity index (χ4n) is 2.90. The smallest absolute Gasteiger partial charge is 0.131 e. The number of morpholine rings is 1. The minimum atomic E-state index is -0.349. The molecule has 0 unspecified atom stereocenters. The summed E-state index contributed by atoms with van der Waals surface area (Å²) in [5.41, 5.74) is 1.42. The third-order valence-electron chi connectivity index (χ3n) is 4.43. The average molecular weight is 379 g/mol. The van der Waals surface area contributed by atoms with Crippen molar-refractivity contribution in [2.24, 2.45) is 0 Å². The van der Waals surface area contributed by atoms with Crippen molar-refractivity contribution in [3.05, 3.63) is 64.4 Å². The molecule has 6 heteroatoms. The number of rotatable bonds is 8. The van der Waals surface area contributed by atoms with Crippen LogP contribution in [-0.2, 0) is 17.9 Å². The van der Waals surface area contributed by atoms with E-state index in [1.165, 1.54) is 6.07 Å². The van der Waals surface area contributed by atoms with Gasteiger partial charge in [0.1, 0.15) is 18.2 Å². The van der Waals surface area contributed by atoms with Crippen molar-refractivity contribution in [1.82, 2.24) is 10.2 Å². The van der Waals surface area contributed by atoms with E-state index < -0.39 is 0 Å². The summed E-state index contributed by atoms with van der Waals surface area (Å²) < 4.78 is 25.1. The molecular formula is C20H24ClFN2O2. The molecule has 0 radical (unpaired) electrons. The Bertz CT molecular complexity index is 688. The fraction of sp³-hybridized carbons (Fsp3) is 0.400. The minimum Gasteiger partial charge on any atom is -0.488 e. The van der Waals surface area contributed by atoms with E-state index in [0.717, 1.165) is 50.7 Å². The largest absolute Gasteiger partial charge is 0.488 e. The van der Waals surface area contributed by atoms with E-state index in [-0.39, 0.29) is 12.4 Å². The molecule has 0 amide bonds.